The Morgan fingerprint density at radius 2 is 2.00 bits per heavy atom. The lowest BCUT2D eigenvalue weighted by Gasteiger charge is -2.37. The zero-order valence-corrected chi connectivity index (χ0v) is 18.7. The number of guanidine groups is 1. The Balaban J connectivity index is 1.69. The van der Waals surface area contributed by atoms with Crippen molar-refractivity contribution in [1.82, 2.24) is 15.5 Å². The molecule has 0 bridgehead atoms. The molecule has 2 saturated heterocycles. The van der Waals surface area contributed by atoms with Crippen LogP contribution in [0.1, 0.15) is 38.2 Å². The molecule has 2 aliphatic rings. The Bertz CT molecular complexity index is 729. The molecule has 0 atom stereocenters. The highest BCUT2D eigenvalue weighted by Crippen LogP contribution is 2.38. The van der Waals surface area contributed by atoms with Crippen molar-refractivity contribution in [2.24, 2.45) is 4.99 Å². The molecule has 166 valence electrons. The number of carbonyl (C=O) groups is 1. The van der Waals surface area contributed by atoms with E-state index in [0.717, 1.165) is 62.0 Å². The molecule has 0 spiro atoms. The summed E-state index contributed by atoms with van der Waals surface area (Å²) in [5.41, 5.74) is 1.04. The molecule has 2 fully saturated rings. The van der Waals surface area contributed by atoms with E-state index < -0.39 is 0 Å². The Kier molecular flexibility index (Phi) is 8.22. The van der Waals surface area contributed by atoms with Crippen LogP contribution in [0.5, 0.6) is 0 Å². The molecule has 2 heterocycles. The van der Waals surface area contributed by atoms with Crippen molar-refractivity contribution < 1.29 is 14.3 Å². The van der Waals surface area contributed by atoms with Gasteiger partial charge in [0.1, 0.15) is 0 Å². The van der Waals surface area contributed by atoms with Crippen LogP contribution in [-0.4, -0.2) is 69.5 Å². The van der Waals surface area contributed by atoms with Crippen molar-refractivity contribution in [3.05, 3.63) is 34.9 Å². The van der Waals surface area contributed by atoms with Gasteiger partial charge in [0, 0.05) is 49.3 Å². The summed E-state index contributed by atoms with van der Waals surface area (Å²) in [5, 5.41) is 7.71. The standard InChI is InChI=1S/C22H33ClN4O3/c1-3-24-20(26-17-8-12-27(13-9-17)21(28)29-2)25-16-22(10-14-30-15-11-22)18-6-4-5-7-19(18)23/h4-7,17H,3,8-16H2,1-2H3,(H2,24,25,26). The molecule has 1 aromatic carbocycles. The Morgan fingerprint density at radius 1 is 1.30 bits per heavy atom. The molecule has 2 aliphatic heterocycles. The molecule has 1 aromatic rings. The summed E-state index contributed by atoms with van der Waals surface area (Å²) in [6, 6.07) is 8.35. The molecule has 30 heavy (non-hydrogen) atoms. The van der Waals surface area contributed by atoms with Crippen LogP contribution in [0.4, 0.5) is 4.79 Å². The van der Waals surface area contributed by atoms with Gasteiger partial charge < -0.3 is 25.0 Å². The molecule has 0 aliphatic carbocycles. The third-order valence-electron chi connectivity index (χ3n) is 6.05. The second-order valence-corrected chi connectivity index (χ2v) is 8.35. The molecule has 0 saturated carbocycles. The zero-order valence-electron chi connectivity index (χ0n) is 18.0. The van der Waals surface area contributed by atoms with Crippen LogP contribution in [0, 0.1) is 0 Å². The number of hydrogen-bond donors (Lipinski definition) is 2. The van der Waals surface area contributed by atoms with E-state index in [0.29, 0.717) is 19.6 Å². The SMILES string of the molecule is CCNC(=NCC1(c2ccccc2Cl)CCOCC1)NC1CCN(C(=O)OC)CC1. The molecule has 3 rings (SSSR count). The van der Waals surface area contributed by atoms with Gasteiger partial charge >= 0.3 is 6.09 Å². The highest BCUT2D eigenvalue weighted by molar-refractivity contribution is 6.31. The number of carbonyl (C=O) groups excluding carboxylic acids is 1. The highest BCUT2D eigenvalue weighted by atomic mass is 35.5. The summed E-state index contributed by atoms with van der Waals surface area (Å²) in [6.45, 7) is 6.31. The normalized spacial score (nSPS) is 20.0. The van der Waals surface area contributed by atoms with Gasteiger partial charge in [-0.15, -0.1) is 0 Å². The summed E-state index contributed by atoms with van der Waals surface area (Å²) in [7, 11) is 1.42. The Labute approximate surface area is 184 Å². The maximum Gasteiger partial charge on any atom is 0.409 e. The molecule has 1 amide bonds. The summed E-state index contributed by atoms with van der Waals surface area (Å²) in [6.07, 6.45) is 3.27. The van der Waals surface area contributed by atoms with Gasteiger partial charge in [0.2, 0.25) is 0 Å². The van der Waals surface area contributed by atoms with Crippen LogP contribution in [-0.2, 0) is 14.9 Å². The van der Waals surface area contributed by atoms with E-state index in [-0.39, 0.29) is 17.6 Å². The largest absolute Gasteiger partial charge is 0.453 e. The molecular formula is C22H33ClN4O3. The van der Waals surface area contributed by atoms with Crippen LogP contribution in [0.2, 0.25) is 5.02 Å². The van der Waals surface area contributed by atoms with Crippen LogP contribution in [0.15, 0.2) is 29.3 Å². The number of likely N-dealkylation sites (tertiary alicyclic amines) is 1. The first kappa shape index (κ1) is 22.7. The number of methoxy groups -OCH3 is 1. The summed E-state index contributed by atoms with van der Waals surface area (Å²) < 4.78 is 10.5. The quantitative estimate of drug-likeness (QED) is 0.547. The molecule has 8 heteroatoms. The number of halogens is 1. The van der Waals surface area contributed by atoms with Gasteiger partial charge in [0.15, 0.2) is 5.96 Å². The van der Waals surface area contributed by atoms with Gasteiger partial charge in [-0.2, -0.15) is 0 Å². The summed E-state index contributed by atoms with van der Waals surface area (Å²) in [5.74, 6) is 0.812. The number of nitrogens with zero attached hydrogens (tertiary/aromatic N) is 2. The summed E-state index contributed by atoms with van der Waals surface area (Å²) >= 11 is 6.57. The van der Waals surface area contributed by atoms with Crippen molar-refractivity contribution in [3.8, 4) is 0 Å². The maximum atomic E-state index is 11.7. The number of amides is 1. The molecular weight excluding hydrogens is 404 g/mol. The predicted octanol–water partition coefficient (Wildman–Crippen LogP) is 3.17. The van der Waals surface area contributed by atoms with Crippen molar-refractivity contribution in [2.75, 3.05) is 46.5 Å². The van der Waals surface area contributed by atoms with Gasteiger partial charge in [-0.3, -0.25) is 4.99 Å². The first-order chi connectivity index (χ1) is 14.6. The van der Waals surface area contributed by atoms with Gasteiger partial charge in [0.25, 0.3) is 0 Å². The highest BCUT2D eigenvalue weighted by Gasteiger charge is 2.36. The molecule has 2 N–H and O–H groups in total. The fourth-order valence-corrected chi connectivity index (χ4v) is 4.58. The van der Waals surface area contributed by atoms with Crippen molar-refractivity contribution in [3.63, 3.8) is 0 Å². The van der Waals surface area contributed by atoms with Gasteiger partial charge in [-0.25, -0.2) is 4.79 Å². The lowest BCUT2D eigenvalue weighted by molar-refractivity contribution is 0.0531. The van der Waals surface area contributed by atoms with Gasteiger partial charge in [-0.1, -0.05) is 29.8 Å². The van der Waals surface area contributed by atoms with Crippen LogP contribution in [0.3, 0.4) is 0 Å². The van der Waals surface area contributed by atoms with E-state index in [1.54, 1.807) is 4.90 Å². The van der Waals surface area contributed by atoms with Crippen molar-refractivity contribution >= 4 is 23.7 Å². The number of ether oxygens (including phenoxy) is 2. The van der Waals surface area contributed by atoms with E-state index in [1.807, 2.05) is 18.2 Å². The number of rotatable bonds is 5. The lowest BCUT2D eigenvalue weighted by Crippen LogP contribution is -2.50. The van der Waals surface area contributed by atoms with E-state index in [4.69, 9.17) is 26.1 Å². The van der Waals surface area contributed by atoms with E-state index in [9.17, 15) is 4.79 Å². The van der Waals surface area contributed by atoms with Crippen LogP contribution in [0.25, 0.3) is 0 Å². The van der Waals surface area contributed by atoms with E-state index in [2.05, 4.69) is 23.6 Å². The van der Waals surface area contributed by atoms with E-state index >= 15 is 0 Å². The number of benzene rings is 1. The number of piperidine rings is 1. The monoisotopic (exact) mass is 436 g/mol. The number of hydrogen-bond acceptors (Lipinski definition) is 4. The molecule has 0 unspecified atom stereocenters. The van der Waals surface area contributed by atoms with Crippen molar-refractivity contribution in [2.45, 2.75) is 44.1 Å². The number of nitrogens with one attached hydrogen (secondary N) is 2. The second kappa shape index (κ2) is 10.9. The minimum Gasteiger partial charge on any atom is -0.453 e. The number of aliphatic imine (C=N–C) groups is 1. The minimum atomic E-state index is -0.254. The van der Waals surface area contributed by atoms with Gasteiger partial charge in [0.05, 0.1) is 13.7 Å². The second-order valence-electron chi connectivity index (χ2n) is 7.94. The van der Waals surface area contributed by atoms with Crippen LogP contribution >= 0.6 is 11.6 Å². The first-order valence-electron chi connectivity index (χ1n) is 10.8. The Morgan fingerprint density at radius 3 is 2.63 bits per heavy atom. The lowest BCUT2D eigenvalue weighted by atomic mass is 9.74. The predicted molar refractivity (Wildman–Crippen MR) is 119 cm³/mol. The summed E-state index contributed by atoms with van der Waals surface area (Å²) in [4.78, 5) is 18.4. The third kappa shape index (κ3) is 5.58. The van der Waals surface area contributed by atoms with Gasteiger partial charge in [-0.05, 0) is 44.2 Å². The third-order valence-corrected chi connectivity index (χ3v) is 6.38. The topological polar surface area (TPSA) is 75.2 Å². The first-order valence-corrected chi connectivity index (χ1v) is 11.2. The minimum absolute atomic E-state index is 0.118. The zero-order chi connectivity index (χ0) is 21.4. The molecule has 0 radical (unpaired) electrons. The average Bonchev–Trinajstić information content (AvgIpc) is 2.78. The molecule has 7 nitrogen and oxygen atoms in total. The van der Waals surface area contributed by atoms with Crippen molar-refractivity contribution in [1.29, 1.82) is 0 Å². The van der Waals surface area contributed by atoms with E-state index in [1.165, 1.54) is 7.11 Å². The average molecular weight is 437 g/mol. The fourth-order valence-electron chi connectivity index (χ4n) is 4.25. The smallest absolute Gasteiger partial charge is 0.409 e. The van der Waals surface area contributed by atoms with Crippen LogP contribution < -0.4 is 10.6 Å². The molecule has 0 aromatic heterocycles. The fraction of sp³-hybridized carbons (Fsp3) is 0.636. The maximum absolute atomic E-state index is 11.7. The Hall–Kier alpha value is -1.99.